The second kappa shape index (κ2) is 6.55. The van der Waals surface area contributed by atoms with E-state index in [2.05, 4.69) is 16.8 Å². The third-order valence-corrected chi connectivity index (χ3v) is 4.77. The van der Waals surface area contributed by atoms with Gasteiger partial charge in [-0.25, -0.2) is 0 Å². The van der Waals surface area contributed by atoms with Crippen molar-refractivity contribution in [3.05, 3.63) is 0 Å². The number of piperidine rings is 2. The summed E-state index contributed by atoms with van der Waals surface area (Å²) in [5, 5.41) is 0. The maximum Gasteiger partial charge on any atom is 0.222 e. The first kappa shape index (κ1) is 13.9. The zero-order chi connectivity index (χ0) is 13.0. The molecule has 2 aliphatic rings. The van der Waals surface area contributed by atoms with Crippen molar-refractivity contribution in [2.24, 2.45) is 11.8 Å². The van der Waals surface area contributed by atoms with Gasteiger partial charge in [0.25, 0.3) is 0 Å². The lowest BCUT2D eigenvalue weighted by Crippen LogP contribution is -2.39. The summed E-state index contributed by atoms with van der Waals surface area (Å²) in [6, 6.07) is 0. The van der Waals surface area contributed by atoms with Crippen LogP contribution in [0.3, 0.4) is 0 Å². The highest BCUT2D eigenvalue weighted by Crippen LogP contribution is 2.29. The molecule has 1 amide bonds. The van der Waals surface area contributed by atoms with Crippen molar-refractivity contribution < 1.29 is 4.79 Å². The van der Waals surface area contributed by atoms with E-state index in [1.807, 2.05) is 6.92 Å². The summed E-state index contributed by atoms with van der Waals surface area (Å²) in [6.45, 7) is 6.52. The highest BCUT2D eigenvalue weighted by molar-refractivity contribution is 5.75. The Bertz CT molecular complexity index is 264. The lowest BCUT2D eigenvalue weighted by molar-refractivity contribution is -0.132. The minimum absolute atomic E-state index is 0.341. The van der Waals surface area contributed by atoms with Crippen molar-refractivity contribution >= 4 is 5.91 Å². The third-order valence-electron chi connectivity index (χ3n) is 4.77. The molecule has 18 heavy (non-hydrogen) atoms. The molecule has 2 aliphatic heterocycles. The molecule has 0 saturated carbocycles. The molecule has 0 N–H and O–H groups in total. The number of likely N-dealkylation sites (tertiary alicyclic amines) is 2. The molecule has 104 valence electrons. The van der Waals surface area contributed by atoms with E-state index in [0.717, 1.165) is 24.9 Å². The number of rotatable bonds is 3. The van der Waals surface area contributed by atoms with Gasteiger partial charge >= 0.3 is 0 Å². The van der Waals surface area contributed by atoms with Crippen LogP contribution in [-0.2, 0) is 4.79 Å². The Labute approximate surface area is 112 Å². The minimum Gasteiger partial charge on any atom is -0.343 e. The molecule has 2 heterocycles. The predicted molar refractivity (Wildman–Crippen MR) is 74.4 cm³/mol. The van der Waals surface area contributed by atoms with E-state index >= 15 is 0 Å². The van der Waals surface area contributed by atoms with Crippen LogP contribution in [0.1, 0.15) is 45.4 Å². The van der Waals surface area contributed by atoms with Crippen molar-refractivity contribution in [2.45, 2.75) is 45.4 Å². The summed E-state index contributed by atoms with van der Waals surface area (Å²) in [5.41, 5.74) is 0. The van der Waals surface area contributed by atoms with Crippen LogP contribution < -0.4 is 0 Å². The summed E-state index contributed by atoms with van der Waals surface area (Å²) in [6.07, 6.45) is 7.30. The first-order chi connectivity index (χ1) is 8.69. The van der Waals surface area contributed by atoms with Gasteiger partial charge in [-0.05, 0) is 64.1 Å². The molecule has 3 nitrogen and oxygen atoms in total. The Morgan fingerprint density at radius 2 is 1.50 bits per heavy atom. The second-order valence-corrected chi connectivity index (χ2v) is 6.16. The quantitative estimate of drug-likeness (QED) is 0.770. The molecule has 0 aliphatic carbocycles. The summed E-state index contributed by atoms with van der Waals surface area (Å²) in [4.78, 5) is 16.1. The average Bonchev–Trinajstić information content (AvgIpc) is 2.41. The van der Waals surface area contributed by atoms with Crippen LogP contribution in [0, 0.1) is 11.8 Å². The summed E-state index contributed by atoms with van der Waals surface area (Å²) in [5.74, 6) is 2.16. The summed E-state index contributed by atoms with van der Waals surface area (Å²) < 4.78 is 0. The molecular weight excluding hydrogens is 224 g/mol. The Hall–Kier alpha value is -0.570. The van der Waals surface area contributed by atoms with Gasteiger partial charge in [0.05, 0.1) is 0 Å². The van der Waals surface area contributed by atoms with Gasteiger partial charge in [-0.1, -0.05) is 6.92 Å². The van der Waals surface area contributed by atoms with Gasteiger partial charge in [0, 0.05) is 19.5 Å². The fraction of sp³-hybridized carbons (Fsp3) is 0.933. The highest BCUT2D eigenvalue weighted by atomic mass is 16.2. The van der Waals surface area contributed by atoms with Crippen molar-refractivity contribution in [1.29, 1.82) is 0 Å². The number of amides is 1. The monoisotopic (exact) mass is 252 g/mol. The van der Waals surface area contributed by atoms with E-state index in [4.69, 9.17) is 0 Å². The molecule has 0 radical (unpaired) electrons. The first-order valence-corrected chi connectivity index (χ1v) is 7.65. The van der Waals surface area contributed by atoms with Crippen molar-refractivity contribution in [3.8, 4) is 0 Å². The molecule has 0 atom stereocenters. The standard InChI is InChI=1S/C15H28N2O/c1-3-15(18)17-10-6-14(7-11-17)12-13-4-8-16(2)9-5-13/h13-14H,3-12H2,1-2H3. The van der Waals surface area contributed by atoms with Crippen LogP contribution >= 0.6 is 0 Å². The Morgan fingerprint density at radius 3 is 2.00 bits per heavy atom. The van der Waals surface area contributed by atoms with Crippen LogP contribution in [0.4, 0.5) is 0 Å². The van der Waals surface area contributed by atoms with E-state index < -0.39 is 0 Å². The zero-order valence-electron chi connectivity index (χ0n) is 12.0. The van der Waals surface area contributed by atoms with Gasteiger partial charge in [-0.2, -0.15) is 0 Å². The van der Waals surface area contributed by atoms with E-state index in [1.54, 1.807) is 0 Å². The van der Waals surface area contributed by atoms with Gasteiger partial charge in [-0.3, -0.25) is 4.79 Å². The van der Waals surface area contributed by atoms with E-state index in [-0.39, 0.29) is 0 Å². The predicted octanol–water partition coefficient (Wildman–Crippen LogP) is 2.37. The fourth-order valence-electron chi connectivity index (χ4n) is 3.41. The van der Waals surface area contributed by atoms with Crippen LogP contribution in [0.15, 0.2) is 0 Å². The number of nitrogens with zero attached hydrogens (tertiary/aromatic N) is 2. The number of hydrogen-bond donors (Lipinski definition) is 0. The lowest BCUT2D eigenvalue weighted by Gasteiger charge is -2.35. The van der Waals surface area contributed by atoms with Gasteiger partial charge in [0.15, 0.2) is 0 Å². The van der Waals surface area contributed by atoms with Crippen LogP contribution in [0.25, 0.3) is 0 Å². The maximum atomic E-state index is 11.6. The van der Waals surface area contributed by atoms with E-state index in [0.29, 0.717) is 12.3 Å². The molecule has 0 unspecified atom stereocenters. The Kier molecular flexibility index (Phi) is 5.04. The third kappa shape index (κ3) is 3.71. The highest BCUT2D eigenvalue weighted by Gasteiger charge is 2.25. The lowest BCUT2D eigenvalue weighted by atomic mass is 9.83. The first-order valence-electron chi connectivity index (χ1n) is 7.65. The average molecular weight is 252 g/mol. The van der Waals surface area contributed by atoms with Crippen molar-refractivity contribution in [1.82, 2.24) is 9.80 Å². The maximum absolute atomic E-state index is 11.6. The minimum atomic E-state index is 0.341. The van der Waals surface area contributed by atoms with Crippen LogP contribution in [0.5, 0.6) is 0 Å². The normalized spacial score (nSPS) is 24.4. The van der Waals surface area contributed by atoms with Gasteiger partial charge in [0.1, 0.15) is 0 Å². The molecule has 0 aromatic heterocycles. The van der Waals surface area contributed by atoms with Crippen molar-refractivity contribution in [2.75, 3.05) is 33.2 Å². The molecule has 2 saturated heterocycles. The molecular formula is C15H28N2O. The largest absolute Gasteiger partial charge is 0.343 e. The van der Waals surface area contributed by atoms with Gasteiger partial charge in [0.2, 0.25) is 5.91 Å². The molecule has 0 aromatic carbocycles. The smallest absolute Gasteiger partial charge is 0.222 e. The molecule has 0 spiro atoms. The SMILES string of the molecule is CCC(=O)N1CCC(CC2CCN(C)CC2)CC1. The van der Waals surface area contributed by atoms with E-state index in [1.165, 1.54) is 45.2 Å². The summed E-state index contributed by atoms with van der Waals surface area (Å²) >= 11 is 0. The van der Waals surface area contributed by atoms with Crippen LogP contribution in [0.2, 0.25) is 0 Å². The molecule has 0 bridgehead atoms. The number of carbonyl (C=O) groups is 1. The Morgan fingerprint density at radius 1 is 1.00 bits per heavy atom. The topological polar surface area (TPSA) is 23.6 Å². The summed E-state index contributed by atoms with van der Waals surface area (Å²) in [7, 11) is 2.23. The molecule has 0 aromatic rings. The number of hydrogen-bond acceptors (Lipinski definition) is 2. The van der Waals surface area contributed by atoms with E-state index in [9.17, 15) is 4.79 Å². The number of carbonyl (C=O) groups excluding carboxylic acids is 1. The molecule has 2 rings (SSSR count). The zero-order valence-corrected chi connectivity index (χ0v) is 12.0. The fourth-order valence-corrected chi connectivity index (χ4v) is 3.41. The Balaban J connectivity index is 1.69. The molecule has 2 fully saturated rings. The second-order valence-electron chi connectivity index (χ2n) is 6.16. The van der Waals surface area contributed by atoms with Gasteiger partial charge < -0.3 is 9.80 Å². The molecule has 3 heteroatoms. The van der Waals surface area contributed by atoms with Crippen LogP contribution in [-0.4, -0.2) is 48.9 Å². The van der Waals surface area contributed by atoms with Crippen molar-refractivity contribution in [3.63, 3.8) is 0 Å². The van der Waals surface area contributed by atoms with Gasteiger partial charge in [-0.15, -0.1) is 0 Å².